The van der Waals surface area contributed by atoms with Gasteiger partial charge in [0.2, 0.25) is 0 Å². The number of thiazole rings is 1. The molecule has 4 nitrogen and oxygen atoms in total. The second kappa shape index (κ2) is 3.70. The molecule has 1 aromatic carbocycles. The van der Waals surface area contributed by atoms with E-state index in [-0.39, 0.29) is 5.69 Å². The Morgan fingerprint density at radius 3 is 2.87 bits per heavy atom. The van der Waals surface area contributed by atoms with Crippen LogP contribution in [-0.2, 0) is 0 Å². The van der Waals surface area contributed by atoms with Crippen molar-refractivity contribution in [3.8, 4) is 10.6 Å². The first-order valence-electron chi connectivity index (χ1n) is 4.21. The number of aromatic carboxylic acids is 1. The van der Waals surface area contributed by atoms with Crippen molar-refractivity contribution in [3.05, 3.63) is 35.3 Å². The largest absolute Gasteiger partial charge is 0.476 e. The lowest BCUT2D eigenvalue weighted by Crippen LogP contribution is -1.95. The van der Waals surface area contributed by atoms with Crippen LogP contribution in [0, 0.1) is 0 Å². The van der Waals surface area contributed by atoms with Gasteiger partial charge in [-0.15, -0.1) is 11.3 Å². The zero-order valence-corrected chi connectivity index (χ0v) is 8.49. The fourth-order valence-electron chi connectivity index (χ4n) is 1.18. The third-order valence-electron chi connectivity index (χ3n) is 1.86. The molecule has 0 aliphatic rings. The third kappa shape index (κ3) is 1.97. The molecule has 0 aliphatic heterocycles. The molecule has 0 fully saturated rings. The lowest BCUT2D eigenvalue weighted by Gasteiger charge is -1.96. The summed E-state index contributed by atoms with van der Waals surface area (Å²) in [4.78, 5) is 14.6. The average molecular weight is 220 g/mol. The Bertz CT molecular complexity index is 508. The normalized spacial score (nSPS) is 10.1. The maximum Gasteiger partial charge on any atom is 0.355 e. The fourth-order valence-corrected chi connectivity index (χ4v) is 1.97. The molecule has 0 amide bonds. The molecule has 0 saturated carbocycles. The van der Waals surface area contributed by atoms with Crippen LogP contribution in [0.25, 0.3) is 10.6 Å². The number of hydrogen-bond acceptors (Lipinski definition) is 4. The van der Waals surface area contributed by atoms with Gasteiger partial charge in [0, 0.05) is 16.6 Å². The van der Waals surface area contributed by atoms with Gasteiger partial charge in [-0.3, -0.25) is 0 Å². The summed E-state index contributed by atoms with van der Waals surface area (Å²) < 4.78 is 0. The summed E-state index contributed by atoms with van der Waals surface area (Å²) in [6.45, 7) is 0. The SMILES string of the molecule is Nc1cccc(-c2nc(C(=O)O)cs2)c1. The minimum Gasteiger partial charge on any atom is -0.476 e. The molecule has 0 radical (unpaired) electrons. The number of anilines is 1. The molecule has 2 rings (SSSR count). The van der Waals surface area contributed by atoms with Gasteiger partial charge in [-0.1, -0.05) is 12.1 Å². The van der Waals surface area contributed by atoms with E-state index >= 15 is 0 Å². The zero-order valence-electron chi connectivity index (χ0n) is 7.68. The van der Waals surface area contributed by atoms with E-state index in [1.807, 2.05) is 12.1 Å². The quantitative estimate of drug-likeness (QED) is 0.760. The summed E-state index contributed by atoms with van der Waals surface area (Å²) in [7, 11) is 0. The topological polar surface area (TPSA) is 76.2 Å². The van der Waals surface area contributed by atoms with Crippen molar-refractivity contribution in [2.45, 2.75) is 0 Å². The average Bonchev–Trinajstić information content (AvgIpc) is 2.66. The van der Waals surface area contributed by atoms with Crippen LogP contribution in [0.3, 0.4) is 0 Å². The van der Waals surface area contributed by atoms with Gasteiger partial charge >= 0.3 is 5.97 Å². The Morgan fingerprint density at radius 2 is 2.27 bits per heavy atom. The molecular weight excluding hydrogens is 212 g/mol. The maximum absolute atomic E-state index is 10.6. The van der Waals surface area contributed by atoms with Crippen LogP contribution < -0.4 is 5.73 Å². The van der Waals surface area contributed by atoms with Gasteiger partial charge < -0.3 is 10.8 Å². The predicted octanol–water partition coefficient (Wildman–Crippen LogP) is 2.09. The molecule has 0 unspecified atom stereocenters. The van der Waals surface area contributed by atoms with Crippen molar-refractivity contribution in [1.82, 2.24) is 4.98 Å². The first-order valence-corrected chi connectivity index (χ1v) is 5.09. The monoisotopic (exact) mass is 220 g/mol. The third-order valence-corrected chi connectivity index (χ3v) is 2.75. The van der Waals surface area contributed by atoms with Crippen molar-refractivity contribution in [3.63, 3.8) is 0 Å². The van der Waals surface area contributed by atoms with E-state index in [0.29, 0.717) is 10.7 Å². The van der Waals surface area contributed by atoms with Crippen LogP contribution in [0.1, 0.15) is 10.5 Å². The van der Waals surface area contributed by atoms with Crippen LogP contribution in [0.4, 0.5) is 5.69 Å². The molecule has 3 N–H and O–H groups in total. The second-order valence-corrected chi connectivity index (χ2v) is 3.83. The zero-order chi connectivity index (χ0) is 10.8. The molecule has 0 atom stereocenters. The number of carbonyl (C=O) groups is 1. The molecule has 5 heteroatoms. The van der Waals surface area contributed by atoms with Crippen LogP contribution in [0.5, 0.6) is 0 Å². The minimum atomic E-state index is -1.01. The Morgan fingerprint density at radius 1 is 1.47 bits per heavy atom. The number of carboxylic acid groups (broad SMARTS) is 1. The van der Waals surface area contributed by atoms with Crippen molar-refractivity contribution in [1.29, 1.82) is 0 Å². The number of aromatic nitrogens is 1. The number of carboxylic acids is 1. The molecule has 1 heterocycles. The van der Waals surface area contributed by atoms with Gasteiger partial charge in [-0.05, 0) is 12.1 Å². The van der Waals surface area contributed by atoms with Crippen LogP contribution in [0.2, 0.25) is 0 Å². The van der Waals surface area contributed by atoms with E-state index in [0.717, 1.165) is 5.56 Å². The van der Waals surface area contributed by atoms with Crippen LogP contribution in [0.15, 0.2) is 29.6 Å². The molecular formula is C10H8N2O2S. The highest BCUT2D eigenvalue weighted by Crippen LogP contribution is 2.24. The molecule has 15 heavy (non-hydrogen) atoms. The minimum absolute atomic E-state index is 0.0671. The van der Waals surface area contributed by atoms with E-state index in [4.69, 9.17) is 10.8 Å². The lowest BCUT2D eigenvalue weighted by molar-refractivity contribution is 0.0691. The van der Waals surface area contributed by atoms with Crippen molar-refractivity contribution in [2.75, 3.05) is 5.73 Å². The number of nitrogens with two attached hydrogens (primary N) is 1. The summed E-state index contributed by atoms with van der Waals surface area (Å²) >= 11 is 1.29. The Labute approximate surface area is 90.0 Å². The van der Waals surface area contributed by atoms with E-state index in [9.17, 15) is 4.79 Å². The summed E-state index contributed by atoms with van der Waals surface area (Å²) in [5.41, 5.74) is 7.17. The molecule has 2 aromatic rings. The standard InChI is InChI=1S/C10H8N2O2S/c11-7-3-1-2-6(4-7)9-12-8(5-15-9)10(13)14/h1-5H,11H2,(H,13,14). The number of rotatable bonds is 2. The summed E-state index contributed by atoms with van der Waals surface area (Å²) in [6.07, 6.45) is 0. The molecule has 0 spiro atoms. The van der Waals surface area contributed by atoms with Crippen molar-refractivity contribution >= 4 is 23.0 Å². The van der Waals surface area contributed by atoms with Gasteiger partial charge in [0.1, 0.15) is 5.01 Å². The highest BCUT2D eigenvalue weighted by atomic mass is 32.1. The number of benzene rings is 1. The lowest BCUT2D eigenvalue weighted by atomic mass is 10.2. The van der Waals surface area contributed by atoms with E-state index in [2.05, 4.69) is 4.98 Å². The number of nitrogen functional groups attached to an aromatic ring is 1. The van der Waals surface area contributed by atoms with Gasteiger partial charge in [-0.25, -0.2) is 9.78 Å². The van der Waals surface area contributed by atoms with E-state index in [1.165, 1.54) is 16.7 Å². The van der Waals surface area contributed by atoms with Crippen molar-refractivity contribution in [2.24, 2.45) is 0 Å². The Kier molecular flexibility index (Phi) is 2.39. The van der Waals surface area contributed by atoms with Gasteiger partial charge in [0.05, 0.1) is 0 Å². The molecule has 0 bridgehead atoms. The second-order valence-electron chi connectivity index (χ2n) is 2.97. The maximum atomic E-state index is 10.6. The molecule has 0 aliphatic carbocycles. The van der Waals surface area contributed by atoms with Gasteiger partial charge in [0.15, 0.2) is 5.69 Å². The van der Waals surface area contributed by atoms with E-state index < -0.39 is 5.97 Å². The van der Waals surface area contributed by atoms with Gasteiger partial charge in [0.25, 0.3) is 0 Å². The number of nitrogens with zero attached hydrogens (tertiary/aromatic N) is 1. The number of hydrogen-bond donors (Lipinski definition) is 2. The first kappa shape index (κ1) is 9.67. The van der Waals surface area contributed by atoms with Crippen LogP contribution in [-0.4, -0.2) is 16.1 Å². The molecule has 76 valence electrons. The molecule has 0 saturated heterocycles. The fraction of sp³-hybridized carbons (Fsp3) is 0. The Hall–Kier alpha value is -1.88. The Balaban J connectivity index is 2.41. The van der Waals surface area contributed by atoms with E-state index in [1.54, 1.807) is 12.1 Å². The molecule has 1 aromatic heterocycles. The summed E-state index contributed by atoms with van der Waals surface area (Å²) in [6, 6.07) is 7.20. The smallest absolute Gasteiger partial charge is 0.355 e. The van der Waals surface area contributed by atoms with Gasteiger partial charge in [-0.2, -0.15) is 0 Å². The van der Waals surface area contributed by atoms with Crippen molar-refractivity contribution < 1.29 is 9.90 Å². The highest BCUT2D eigenvalue weighted by Gasteiger charge is 2.09. The first-order chi connectivity index (χ1) is 7.16. The summed E-state index contributed by atoms with van der Waals surface area (Å²) in [5, 5.41) is 10.9. The highest BCUT2D eigenvalue weighted by molar-refractivity contribution is 7.13. The summed E-state index contributed by atoms with van der Waals surface area (Å²) in [5.74, 6) is -1.01. The predicted molar refractivity (Wildman–Crippen MR) is 58.9 cm³/mol. The van der Waals surface area contributed by atoms with Crippen LogP contribution >= 0.6 is 11.3 Å².